The molecule has 0 unspecified atom stereocenters. The summed E-state index contributed by atoms with van der Waals surface area (Å²) < 4.78 is 0. The Kier molecular flexibility index (Phi) is 5.41. The molecule has 9 heavy (non-hydrogen) atoms. The van der Waals surface area contributed by atoms with Crippen molar-refractivity contribution in [2.75, 3.05) is 5.75 Å². The molecule has 2 N–H and O–H groups in total. The Labute approximate surface area is 59.5 Å². The molecule has 0 bridgehead atoms. The van der Waals surface area contributed by atoms with Crippen LogP contribution in [0.5, 0.6) is 0 Å². The van der Waals surface area contributed by atoms with Gasteiger partial charge in [0.15, 0.2) is 0 Å². The van der Waals surface area contributed by atoms with E-state index in [0.717, 1.165) is 12.2 Å². The SMILES string of the molecule is C=CSCCCC(N)=O. The van der Waals surface area contributed by atoms with Gasteiger partial charge in [-0.05, 0) is 17.6 Å². The maximum Gasteiger partial charge on any atom is 0.217 e. The van der Waals surface area contributed by atoms with Crippen LogP contribution in [-0.2, 0) is 4.79 Å². The maximum atomic E-state index is 10.1. The minimum Gasteiger partial charge on any atom is -0.370 e. The van der Waals surface area contributed by atoms with E-state index in [2.05, 4.69) is 6.58 Å². The number of rotatable bonds is 5. The van der Waals surface area contributed by atoms with Crippen molar-refractivity contribution >= 4 is 17.7 Å². The largest absolute Gasteiger partial charge is 0.370 e. The average Bonchev–Trinajstić information content (AvgIpc) is 1.80. The van der Waals surface area contributed by atoms with Gasteiger partial charge >= 0.3 is 0 Å². The molecule has 0 atom stereocenters. The number of hydrogen-bond donors (Lipinski definition) is 1. The summed E-state index contributed by atoms with van der Waals surface area (Å²) in [4.78, 5) is 10.1. The van der Waals surface area contributed by atoms with Crippen LogP contribution in [-0.4, -0.2) is 11.7 Å². The first kappa shape index (κ1) is 8.56. The van der Waals surface area contributed by atoms with Crippen molar-refractivity contribution in [3.63, 3.8) is 0 Å². The smallest absolute Gasteiger partial charge is 0.217 e. The van der Waals surface area contributed by atoms with Gasteiger partial charge in [-0.3, -0.25) is 4.79 Å². The molecule has 0 saturated carbocycles. The Morgan fingerprint density at radius 1 is 1.78 bits per heavy atom. The summed E-state index contributed by atoms with van der Waals surface area (Å²) in [5, 5.41) is 1.76. The molecule has 0 aromatic heterocycles. The van der Waals surface area contributed by atoms with E-state index in [1.807, 2.05) is 0 Å². The van der Waals surface area contributed by atoms with E-state index in [4.69, 9.17) is 5.73 Å². The minimum absolute atomic E-state index is 0.223. The van der Waals surface area contributed by atoms with Crippen LogP contribution < -0.4 is 5.73 Å². The van der Waals surface area contributed by atoms with Crippen LogP contribution in [0.15, 0.2) is 12.0 Å². The van der Waals surface area contributed by atoms with Crippen LogP contribution in [0.4, 0.5) is 0 Å². The van der Waals surface area contributed by atoms with E-state index in [0.29, 0.717) is 6.42 Å². The van der Waals surface area contributed by atoms with Crippen molar-refractivity contribution in [1.29, 1.82) is 0 Å². The zero-order valence-corrected chi connectivity index (χ0v) is 6.12. The van der Waals surface area contributed by atoms with E-state index < -0.39 is 0 Å². The van der Waals surface area contributed by atoms with Gasteiger partial charge in [0.05, 0.1) is 0 Å². The molecule has 52 valence electrons. The number of thioether (sulfide) groups is 1. The van der Waals surface area contributed by atoms with E-state index in [-0.39, 0.29) is 5.91 Å². The molecule has 0 aliphatic heterocycles. The summed E-state index contributed by atoms with van der Waals surface area (Å²) in [7, 11) is 0. The molecule has 0 rings (SSSR count). The van der Waals surface area contributed by atoms with Crippen LogP contribution >= 0.6 is 11.8 Å². The molecule has 2 nitrogen and oxygen atoms in total. The lowest BCUT2D eigenvalue weighted by Crippen LogP contribution is -2.09. The van der Waals surface area contributed by atoms with E-state index in [1.54, 1.807) is 17.2 Å². The highest BCUT2D eigenvalue weighted by Crippen LogP contribution is 2.03. The average molecular weight is 145 g/mol. The summed E-state index contributed by atoms with van der Waals surface area (Å²) in [6.45, 7) is 3.52. The third kappa shape index (κ3) is 7.56. The molecular formula is C6H11NOS. The fourth-order valence-electron chi connectivity index (χ4n) is 0.413. The summed E-state index contributed by atoms with van der Waals surface area (Å²) in [6, 6.07) is 0. The Morgan fingerprint density at radius 2 is 2.44 bits per heavy atom. The molecule has 0 aliphatic rings. The summed E-state index contributed by atoms with van der Waals surface area (Å²) in [5.41, 5.74) is 4.90. The van der Waals surface area contributed by atoms with Crippen LogP contribution in [0, 0.1) is 0 Å². The molecule has 0 radical (unpaired) electrons. The van der Waals surface area contributed by atoms with Gasteiger partial charge in [-0.25, -0.2) is 0 Å². The number of amides is 1. The first-order valence-corrected chi connectivity index (χ1v) is 3.83. The van der Waals surface area contributed by atoms with Gasteiger partial charge < -0.3 is 5.73 Å². The molecule has 0 aromatic rings. The Hall–Kier alpha value is -0.440. The molecule has 1 amide bonds. The van der Waals surface area contributed by atoms with Gasteiger partial charge in [0.1, 0.15) is 0 Å². The van der Waals surface area contributed by atoms with Crippen molar-refractivity contribution in [1.82, 2.24) is 0 Å². The zero-order valence-electron chi connectivity index (χ0n) is 5.30. The Morgan fingerprint density at radius 3 is 2.89 bits per heavy atom. The van der Waals surface area contributed by atoms with Gasteiger partial charge in [0, 0.05) is 6.42 Å². The second-order valence-corrected chi connectivity index (χ2v) is 2.68. The van der Waals surface area contributed by atoms with Crippen LogP contribution in [0.3, 0.4) is 0 Å². The van der Waals surface area contributed by atoms with Gasteiger partial charge in [-0.15, -0.1) is 11.8 Å². The number of hydrogen-bond acceptors (Lipinski definition) is 2. The number of carbonyl (C=O) groups excluding carboxylic acids is 1. The summed E-state index contributed by atoms with van der Waals surface area (Å²) >= 11 is 1.61. The number of nitrogens with two attached hydrogens (primary N) is 1. The normalized spacial score (nSPS) is 8.89. The van der Waals surface area contributed by atoms with E-state index in [1.165, 1.54) is 0 Å². The third-order valence-electron chi connectivity index (χ3n) is 0.803. The first-order chi connectivity index (χ1) is 4.27. The summed E-state index contributed by atoms with van der Waals surface area (Å²) in [6.07, 6.45) is 1.34. The predicted molar refractivity (Wildman–Crippen MR) is 41.1 cm³/mol. The topological polar surface area (TPSA) is 43.1 Å². The molecule has 0 heterocycles. The van der Waals surface area contributed by atoms with Crippen molar-refractivity contribution in [2.24, 2.45) is 5.73 Å². The maximum absolute atomic E-state index is 10.1. The number of carbonyl (C=O) groups is 1. The van der Waals surface area contributed by atoms with Gasteiger partial charge in [-0.2, -0.15) is 0 Å². The second-order valence-electron chi connectivity index (χ2n) is 1.61. The standard InChI is InChI=1S/C6H11NOS/c1-2-9-5-3-4-6(7)8/h2H,1,3-5H2,(H2,7,8). The van der Waals surface area contributed by atoms with Gasteiger partial charge in [0.2, 0.25) is 5.91 Å². The lowest BCUT2D eigenvalue weighted by molar-refractivity contribution is -0.118. The lowest BCUT2D eigenvalue weighted by atomic mass is 10.3. The van der Waals surface area contributed by atoms with Crippen LogP contribution in [0.1, 0.15) is 12.8 Å². The fraction of sp³-hybridized carbons (Fsp3) is 0.500. The highest BCUT2D eigenvalue weighted by atomic mass is 32.2. The monoisotopic (exact) mass is 145 g/mol. The highest BCUT2D eigenvalue weighted by molar-refractivity contribution is 8.02. The highest BCUT2D eigenvalue weighted by Gasteiger charge is 1.91. The minimum atomic E-state index is -0.223. The van der Waals surface area contributed by atoms with Crippen LogP contribution in [0.25, 0.3) is 0 Å². The lowest BCUT2D eigenvalue weighted by Gasteiger charge is -1.91. The van der Waals surface area contributed by atoms with Gasteiger partial charge in [0.25, 0.3) is 0 Å². The quantitative estimate of drug-likeness (QED) is 0.589. The van der Waals surface area contributed by atoms with Crippen molar-refractivity contribution in [3.05, 3.63) is 12.0 Å². The van der Waals surface area contributed by atoms with E-state index in [9.17, 15) is 4.79 Å². The second kappa shape index (κ2) is 5.69. The predicted octanol–water partition coefficient (Wildman–Crippen LogP) is 1.13. The first-order valence-electron chi connectivity index (χ1n) is 2.78. The molecule has 0 spiro atoms. The molecule has 3 heteroatoms. The molecule has 0 saturated heterocycles. The van der Waals surface area contributed by atoms with Crippen molar-refractivity contribution in [2.45, 2.75) is 12.8 Å². The molecule has 0 aliphatic carbocycles. The van der Waals surface area contributed by atoms with Crippen molar-refractivity contribution in [3.8, 4) is 0 Å². The van der Waals surface area contributed by atoms with Gasteiger partial charge in [-0.1, -0.05) is 6.58 Å². The Bertz CT molecular complexity index is 103. The van der Waals surface area contributed by atoms with Crippen LogP contribution in [0.2, 0.25) is 0 Å². The molecular weight excluding hydrogens is 134 g/mol. The molecule has 0 aromatic carbocycles. The third-order valence-corrected chi connectivity index (χ3v) is 1.56. The van der Waals surface area contributed by atoms with Crippen molar-refractivity contribution < 1.29 is 4.79 Å². The molecule has 0 fully saturated rings. The number of primary amides is 1. The zero-order chi connectivity index (χ0) is 7.11. The summed E-state index contributed by atoms with van der Waals surface area (Å²) in [5.74, 6) is 0.714. The fourth-order valence-corrected chi connectivity index (χ4v) is 0.891. The van der Waals surface area contributed by atoms with E-state index >= 15 is 0 Å². The Balaban J connectivity index is 2.91.